The number of hydrogen-bond donors (Lipinski definition) is 1. The van der Waals surface area contributed by atoms with Crippen LogP contribution in [0, 0.1) is 0 Å². The molecule has 2 rings (SSSR count). The van der Waals surface area contributed by atoms with Crippen LogP contribution in [0.5, 0.6) is 5.75 Å². The van der Waals surface area contributed by atoms with Gasteiger partial charge in [0.25, 0.3) is 0 Å². The molecular weight excluding hydrogens is 385 g/mol. The van der Waals surface area contributed by atoms with Crippen LogP contribution in [0.25, 0.3) is 0 Å². The summed E-state index contributed by atoms with van der Waals surface area (Å²) in [4.78, 5) is 2.25. The summed E-state index contributed by atoms with van der Waals surface area (Å²) in [6.45, 7) is 2.40. The molecule has 1 aromatic rings. The van der Waals surface area contributed by atoms with Gasteiger partial charge < -0.3 is 15.4 Å². The highest BCUT2D eigenvalue weighted by atomic mass is 35.5. The summed E-state index contributed by atoms with van der Waals surface area (Å²) in [5, 5.41) is 0. The summed E-state index contributed by atoms with van der Waals surface area (Å²) in [6.07, 6.45) is 0.623. The molecule has 9 heteroatoms. The Morgan fingerprint density at radius 2 is 1.96 bits per heavy atom. The van der Waals surface area contributed by atoms with Crippen LogP contribution in [-0.4, -0.2) is 70.3 Å². The molecule has 0 radical (unpaired) electrons. The second-order valence-electron chi connectivity index (χ2n) is 6.26. The van der Waals surface area contributed by atoms with Gasteiger partial charge in [-0.25, -0.2) is 12.7 Å². The topological polar surface area (TPSA) is 75.9 Å². The standard InChI is InChI=1S/C16H27N3O3S.2ClH/c1-18(2)23(20,21)9-5-8-19-11-15(16(17)12-19)13-6-4-7-14(10-13)22-3;;/h4,6-7,10,15-16H,5,8-9,11-12,17H2,1-3H3;2*1H/t15-,16+;;/m1../s1. The van der Waals surface area contributed by atoms with Crippen molar-refractivity contribution in [2.24, 2.45) is 5.73 Å². The van der Waals surface area contributed by atoms with Gasteiger partial charge in [0.1, 0.15) is 5.75 Å². The molecule has 6 nitrogen and oxygen atoms in total. The van der Waals surface area contributed by atoms with Crippen molar-refractivity contribution in [3.8, 4) is 5.75 Å². The molecule has 1 heterocycles. The largest absolute Gasteiger partial charge is 0.497 e. The minimum absolute atomic E-state index is 0. The summed E-state index contributed by atoms with van der Waals surface area (Å²) in [5.74, 6) is 1.27. The van der Waals surface area contributed by atoms with Gasteiger partial charge in [-0.2, -0.15) is 0 Å². The van der Waals surface area contributed by atoms with Gasteiger partial charge in [-0.05, 0) is 30.7 Å². The number of ether oxygens (including phenoxy) is 1. The third-order valence-corrected chi connectivity index (χ3v) is 6.31. The molecule has 0 amide bonds. The number of nitrogens with zero attached hydrogens (tertiary/aromatic N) is 2. The van der Waals surface area contributed by atoms with E-state index in [1.807, 2.05) is 18.2 Å². The third kappa shape index (κ3) is 6.58. The molecule has 1 aromatic carbocycles. The van der Waals surface area contributed by atoms with Crippen molar-refractivity contribution < 1.29 is 13.2 Å². The van der Waals surface area contributed by atoms with E-state index in [0.29, 0.717) is 6.42 Å². The van der Waals surface area contributed by atoms with Crippen LogP contribution < -0.4 is 10.5 Å². The zero-order valence-corrected chi connectivity index (χ0v) is 17.4. The summed E-state index contributed by atoms with van der Waals surface area (Å²) in [6, 6.07) is 8.08. The van der Waals surface area contributed by atoms with Crippen LogP contribution in [0.1, 0.15) is 17.9 Å². The molecule has 0 aromatic heterocycles. The number of methoxy groups -OCH3 is 1. The number of sulfonamides is 1. The number of benzene rings is 1. The summed E-state index contributed by atoms with van der Waals surface area (Å²) >= 11 is 0. The number of nitrogens with two attached hydrogens (primary N) is 1. The van der Waals surface area contributed by atoms with E-state index >= 15 is 0 Å². The van der Waals surface area contributed by atoms with Crippen LogP contribution in [-0.2, 0) is 10.0 Å². The van der Waals surface area contributed by atoms with E-state index in [1.165, 1.54) is 9.87 Å². The molecule has 25 heavy (non-hydrogen) atoms. The minimum Gasteiger partial charge on any atom is -0.497 e. The Morgan fingerprint density at radius 3 is 2.56 bits per heavy atom. The molecule has 0 spiro atoms. The fourth-order valence-electron chi connectivity index (χ4n) is 2.97. The molecule has 0 bridgehead atoms. The molecule has 1 saturated heterocycles. The van der Waals surface area contributed by atoms with Crippen LogP contribution in [0.4, 0.5) is 0 Å². The Bertz CT molecular complexity index is 629. The number of hydrogen-bond acceptors (Lipinski definition) is 5. The van der Waals surface area contributed by atoms with Crippen molar-refractivity contribution in [2.45, 2.75) is 18.4 Å². The first-order chi connectivity index (χ1) is 10.8. The number of halogens is 2. The van der Waals surface area contributed by atoms with Crippen molar-refractivity contribution in [3.05, 3.63) is 29.8 Å². The lowest BCUT2D eigenvalue weighted by Gasteiger charge is -2.17. The number of rotatable bonds is 7. The molecule has 0 saturated carbocycles. The average molecular weight is 414 g/mol. The van der Waals surface area contributed by atoms with Crippen LogP contribution >= 0.6 is 24.8 Å². The Balaban J connectivity index is 0.00000288. The van der Waals surface area contributed by atoms with Crippen LogP contribution in [0.3, 0.4) is 0 Å². The highest BCUT2D eigenvalue weighted by Gasteiger charge is 2.31. The Labute approximate surface area is 163 Å². The van der Waals surface area contributed by atoms with E-state index < -0.39 is 10.0 Å². The highest BCUT2D eigenvalue weighted by Crippen LogP contribution is 2.28. The molecular formula is C16H29Cl2N3O3S. The van der Waals surface area contributed by atoms with E-state index in [9.17, 15) is 8.42 Å². The molecule has 2 N–H and O–H groups in total. The van der Waals surface area contributed by atoms with Crippen molar-refractivity contribution in [1.29, 1.82) is 0 Å². The van der Waals surface area contributed by atoms with Crippen molar-refractivity contribution in [1.82, 2.24) is 9.21 Å². The molecule has 146 valence electrons. The van der Waals surface area contributed by atoms with E-state index in [2.05, 4.69) is 11.0 Å². The maximum atomic E-state index is 11.8. The second-order valence-corrected chi connectivity index (χ2v) is 8.56. The van der Waals surface area contributed by atoms with Crippen LogP contribution in [0.15, 0.2) is 24.3 Å². The van der Waals surface area contributed by atoms with Gasteiger partial charge >= 0.3 is 0 Å². The summed E-state index contributed by atoms with van der Waals surface area (Å²) in [5.41, 5.74) is 7.47. The quantitative estimate of drug-likeness (QED) is 0.733. The number of likely N-dealkylation sites (tertiary alicyclic amines) is 1. The lowest BCUT2D eigenvalue weighted by Crippen LogP contribution is -2.31. The lowest BCUT2D eigenvalue weighted by atomic mass is 9.95. The minimum atomic E-state index is -3.12. The predicted octanol–water partition coefficient (Wildman–Crippen LogP) is 1.55. The lowest BCUT2D eigenvalue weighted by molar-refractivity contribution is 0.331. The van der Waals surface area contributed by atoms with Gasteiger partial charge in [0.05, 0.1) is 12.9 Å². The zero-order chi connectivity index (χ0) is 17.0. The Kier molecular flexibility index (Phi) is 10.3. The SMILES string of the molecule is COc1cccc([C@H]2CN(CCCS(=O)(=O)N(C)C)C[C@@H]2N)c1.Cl.Cl. The van der Waals surface area contributed by atoms with Crippen molar-refractivity contribution in [3.63, 3.8) is 0 Å². The molecule has 1 aliphatic heterocycles. The summed E-state index contributed by atoms with van der Waals surface area (Å²) in [7, 11) is 1.68. The predicted molar refractivity (Wildman–Crippen MR) is 107 cm³/mol. The van der Waals surface area contributed by atoms with Gasteiger partial charge in [-0.15, -0.1) is 24.8 Å². The maximum absolute atomic E-state index is 11.8. The summed E-state index contributed by atoms with van der Waals surface area (Å²) < 4.78 is 30.1. The van der Waals surface area contributed by atoms with Gasteiger partial charge in [-0.3, -0.25) is 0 Å². The van der Waals surface area contributed by atoms with E-state index in [4.69, 9.17) is 10.5 Å². The first-order valence-corrected chi connectivity index (χ1v) is 9.46. The maximum Gasteiger partial charge on any atom is 0.213 e. The van der Waals surface area contributed by atoms with Gasteiger partial charge in [0.15, 0.2) is 0 Å². The average Bonchev–Trinajstić information content (AvgIpc) is 2.88. The van der Waals surface area contributed by atoms with Gasteiger partial charge in [0.2, 0.25) is 10.0 Å². The van der Waals surface area contributed by atoms with Crippen molar-refractivity contribution in [2.75, 3.05) is 46.6 Å². The zero-order valence-electron chi connectivity index (χ0n) is 14.9. The first-order valence-electron chi connectivity index (χ1n) is 7.85. The molecule has 0 aliphatic carbocycles. The van der Waals surface area contributed by atoms with Gasteiger partial charge in [-0.1, -0.05) is 12.1 Å². The Hall–Kier alpha value is -0.570. The highest BCUT2D eigenvalue weighted by molar-refractivity contribution is 7.89. The van der Waals surface area contributed by atoms with E-state index in [-0.39, 0.29) is 42.5 Å². The normalized spacial score (nSPS) is 20.8. The monoisotopic (exact) mass is 413 g/mol. The van der Waals surface area contributed by atoms with Gasteiger partial charge in [0, 0.05) is 39.1 Å². The second kappa shape index (κ2) is 10.5. The molecule has 0 unspecified atom stereocenters. The van der Waals surface area contributed by atoms with Crippen LogP contribution in [0.2, 0.25) is 0 Å². The fraction of sp³-hybridized carbons (Fsp3) is 0.625. The molecule has 1 aliphatic rings. The smallest absolute Gasteiger partial charge is 0.213 e. The Morgan fingerprint density at radius 1 is 1.28 bits per heavy atom. The third-order valence-electron chi connectivity index (χ3n) is 4.40. The van der Waals surface area contributed by atoms with E-state index in [1.54, 1.807) is 21.2 Å². The van der Waals surface area contributed by atoms with Crippen molar-refractivity contribution >= 4 is 34.8 Å². The first kappa shape index (κ1) is 24.4. The molecule has 2 atom stereocenters. The fourth-order valence-corrected chi connectivity index (χ4v) is 3.83. The van der Waals surface area contributed by atoms with E-state index in [0.717, 1.165) is 25.4 Å². The molecule has 1 fully saturated rings.